The SMILES string of the molecule is CCC1=C(C)CC(C(C)C2CCC3C4CC5OC56C(C)C=CC(=O)C65C(C)C45CCC23C)OC1=O. The third kappa shape index (κ3) is 2.24. The van der Waals surface area contributed by atoms with Gasteiger partial charge in [0.15, 0.2) is 5.78 Å². The molecule has 1 saturated heterocycles. The first-order chi connectivity index (χ1) is 16.6. The van der Waals surface area contributed by atoms with Crippen molar-refractivity contribution in [2.75, 3.05) is 0 Å². The number of esters is 1. The van der Waals surface area contributed by atoms with Crippen molar-refractivity contribution < 1.29 is 19.1 Å². The molecular weight excluding hydrogens is 436 g/mol. The van der Waals surface area contributed by atoms with E-state index < -0.39 is 0 Å². The van der Waals surface area contributed by atoms with E-state index >= 15 is 0 Å². The largest absolute Gasteiger partial charge is 0.458 e. The highest BCUT2D eigenvalue weighted by Gasteiger charge is 2.96. The molecule has 0 aromatic carbocycles. The van der Waals surface area contributed by atoms with Crippen LogP contribution in [0.25, 0.3) is 0 Å². The lowest BCUT2D eigenvalue weighted by Crippen LogP contribution is -2.55. The summed E-state index contributed by atoms with van der Waals surface area (Å²) in [7, 11) is 0. The van der Waals surface area contributed by atoms with E-state index in [9.17, 15) is 9.59 Å². The first-order valence-corrected chi connectivity index (χ1v) is 14.4. The number of hydrogen-bond donors (Lipinski definition) is 0. The van der Waals surface area contributed by atoms with Crippen molar-refractivity contribution in [1.29, 1.82) is 0 Å². The molecule has 7 rings (SSSR count). The Bertz CT molecular complexity index is 1090. The standard InChI is InChI=1S/C31H42O4/c1-7-20-16(2)14-24(34-27(20)33)18(4)21-9-10-22-23-15-26-31(35-26)17(3)8-11-25(32)30(31)19(5)29(23,30)13-12-28(21,22)6/h8,11,17-19,21-24,26H,7,9-10,12-15H2,1-6H3. The van der Waals surface area contributed by atoms with Crippen LogP contribution in [0.3, 0.4) is 0 Å². The molecule has 0 bridgehead atoms. The predicted molar refractivity (Wildman–Crippen MR) is 133 cm³/mol. The fraction of sp³-hybridized carbons (Fsp3) is 0.806. The Balaban J connectivity index is 1.20. The molecule has 0 aromatic rings. The van der Waals surface area contributed by atoms with Gasteiger partial charge in [0.2, 0.25) is 0 Å². The molecular formula is C31H42O4. The predicted octanol–water partition coefficient (Wildman–Crippen LogP) is 6.05. The van der Waals surface area contributed by atoms with Crippen LogP contribution >= 0.6 is 0 Å². The summed E-state index contributed by atoms with van der Waals surface area (Å²) in [5.74, 6) is 3.19. The maximum absolute atomic E-state index is 13.7. The van der Waals surface area contributed by atoms with Gasteiger partial charge in [0, 0.05) is 17.9 Å². The highest BCUT2D eigenvalue weighted by Crippen LogP contribution is 2.92. The van der Waals surface area contributed by atoms with E-state index in [1.165, 1.54) is 24.8 Å². The van der Waals surface area contributed by atoms with Crippen molar-refractivity contribution >= 4 is 11.8 Å². The number of hydrogen-bond acceptors (Lipinski definition) is 4. The van der Waals surface area contributed by atoms with Gasteiger partial charge in [0.05, 0.1) is 11.5 Å². The topological polar surface area (TPSA) is 55.9 Å². The Morgan fingerprint density at radius 2 is 1.91 bits per heavy atom. The molecule has 3 spiro atoms. The van der Waals surface area contributed by atoms with Crippen LogP contribution in [-0.2, 0) is 19.1 Å². The van der Waals surface area contributed by atoms with E-state index in [0.29, 0.717) is 41.3 Å². The van der Waals surface area contributed by atoms with Gasteiger partial charge in [-0.1, -0.05) is 46.3 Å². The number of epoxide rings is 1. The van der Waals surface area contributed by atoms with Gasteiger partial charge in [-0.15, -0.1) is 0 Å². The third-order valence-electron chi connectivity index (χ3n) is 13.3. The molecule has 12 atom stereocenters. The number of carbonyl (C=O) groups is 2. The average molecular weight is 479 g/mol. The van der Waals surface area contributed by atoms with E-state index in [1.807, 2.05) is 13.0 Å². The molecule has 2 heterocycles. The van der Waals surface area contributed by atoms with Crippen LogP contribution in [0.4, 0.5) is 0 Å². The minimum Gasteiger partial charge on any atom is -0.458 e. The summed E-state index contributed by atoms with van der Waals surface area (Å²) in [6, 6.07) is 0. The second-order valence-corrected chi connectivity index (χ2v) is 13.7. The van der Waals surface area contributed by atoms with Crippen molar-refractivity contribution in [3.8, 4) is 0 Å². The molecule has 4 saturated carbocycles. The lowest BCUT2D eigenvalue weighted by Gasteiger charge is -2.54. The number of carbonyl (C=O) groups excluding carboxylic acids is 2. The van der Waals surface area contributed by atoms with Gasteiger partial charge < -0.3 is 9.47 Å². The van der Waals surface area contributed by atoms with Crippen LogP contribution in [0.15, 0.2) is 23.3 Å². The summed E-state index contributed by atoms with van der Waals surface area (Å²) < 4.78 is 12.7. The van der Waals surface area contributed by atoms with Crippen molar-refractivity contribution in [2.24, 2.45) is 51.8 Å². The van der Waals surface area contributed by atoms with Gasteiger partial charge in [-0.05, 0) is 91.9 Å². The van der Waals surface area contributed by atoms with E-state index in [-0.39, 0.29) is 40.0 Å². The minimum atomic E-state index is -0.274. The van der Waals surface area contributed by atoms with E-state index in [1.54, 1.807) is 0 Å². The highest BCUT2D eigenvalue weighted by atomic mass is 16.6. The second kappa shape index (κ2) is 6.71. The zero-order valence-electron chi connectivity index (χ0n) is 22.4. The number of cyclic esters (lactones) is 1. The summed E-state index contributed by atoms with van der Waals surface area (Å²) in [6.07, 6.45) is 11.9. The average Bonchev–Trinajstić information content (AvgIpc) is 3.63. The summed E-state index contributed by atoms with van der Waals surface area (Å²) in [6.45, 7) is 13.7. The first kappa shape index (κ1) is 22.8. The van der Waals surface area contributed by atoms with E-state index in [4.69, 9.17) is 9.47 Å². The quantitative estimate of drug-likeness (QED) is 0.366. The Morgan fingerprint density at radius 3 is 2.63 bits per heavy atom. The van der Waals surface area contributed by atoms with Crippen molar-refractivity contribution in [2.45, 2.75) is 104 Å². The summed E-state index contributed by atoms with van der Waals surface area (Å²) in [5, 5.41) is 0. The zero-order valence-corrected chi connectivity index (χ0v) is 22.4. The molecule has 190 valence electrons. The first-order valence-electron chi connectivity index (χ1n) is 14.4. The molecule has 4 heteroatoms. The third-order valence-corrected chi connectivity index (χ3v) is 13.3. The van der Waals surface area contributed by atoms with Gasteiger partial charge in [-0.3, -0.25) is 4.79 Å². The molecule has 35 heavy (non-hydrogen) atoms. The molecule has 7 aliphatic rings. The maximum Gasteiger partial charge on any atom is 0.334 e. The van der Waals surface area contributed by atoms with Crippen LogP contribution in [0.1, 0.15) is 86.5 Å². The number of allylic oxidation sites excluding steroid dienone is 1. The number of fused-ring (bicyclic) bond motifs is 2. The van der Waals surface area contributed by atoms with Crippen LogP contribution < -0.4 is 0 Å². The van der Waals surface area contributed by atoms with Crippen molar-refractivity contribution in [3.05, 3.63) is 23.3 Å². The normalized spacial score (nSPS) is 56.3. The fourth-order valence-electron chi connectivity index (χ4n) is 11.8. The molecule has 0 N–H and O–H groups in total. The molecule has 0 amide bonds. The molecule has 0 aromatic heterocycles. The van der Waals surface area contributed by atoms with E-state index in [2.05, 4.69) is 40.7 Å². The second-order valence-electron chi connectivity index (χ2n) is 13.7. The van der Waals surface area contributed by atoms with Crippen molar-refractivity contribution in [1.82, 2.24) is 0 Å². The van der Waals surface area contributed by atoms with Gasteiger partial charge in [-0.25, -0.2) is 4.79 Å². The monoisotopic (exact) mass is 478 g/mol. The number of ketones is 1. The summed E-state index contributed by atoms with van der Waals surface area (Å²) in [5.41, 5.74) is 2.00. The maximum atomic E-state index is 13.7. The van der Waals surface area contributed by atoms with E-state index in [0.717, 1.165) is 31.3 Å². The Kier molecular flexibility index (Phi) is 4.36. The fourth-order valence-corrected chi connectivity index (χ4v) is 11.8. The van der Waals surface area contributed by atoms with Gasteiger partial charge >= 0.3 is 5.97 Å². The summed E-state index contributed by atoms with van der Waals surface area (Å²) >= 11 is 0. The minimum absolute atomic E-state index is 0.00266. The van der Waals surface area contributed by atoms with Crippen LogP contribution in [-0.4, -0.2) is 29.6 Å². The number of rotatable bonds is 3. The van der Waals surface area contributed by atoms with Crippen molar-refractivity contribution in [3.63, 3.8) is 0 Å². The van der Waals surface area contributed by atoms with Gasteiger partial charge in [0.1, 0.15) is 11.7 Å². The molecule has 5 aliphatic carbocycles. The van der Waals surface area contributed by atoms with Crippen LogP contribution in [0.2, 0.25) is 0 Å². The lowest BCUT2D eigenvalue weighted by molar-refractivity contribution is -0.152. The Morgan fingerprint density at radius 1 is 1.14 bits per heavy atom. The van der Waals surface area contributed by atoms with Crippen LogP contribution in [0, 0.1) is 51.8 Å². The van der Waals surface area contributed by atoms with Gasteiger partial charge in [-0.2, -0.15) is 0 Å². The lowest BCUT2D eigenvalue weighted by atomic mass is 9.48. The number of ether oxygens (including phenoxy) is 2. The zero-order chi connectivity index (χ0) is 24.7. The molecule has 0 radical (unpaired) electrons. The Hall–Kier alpha value is -1.42. The van der Waals surface area contributed by atoms with Gasteiger partial charge in [0.25, 0.3) is 0 Å². The molecule has 5 fully saturated rings. The summed E-state index contributed by atoms with van der Waals surface area (Å²) in [4.78, 5) is 26.4. The van der Waals surface area contributed by atoms with Crippen LogP contribution in [0.5, 0.6) is 0 Å². The molecule has 2 aliphatic heterocycles. The smallest absolute Gasteiger partial charge is 0.334 e. The molecule has 12 unspecified atom stereocenters. The Labute approximate surface area is 210 Å². The highest BCUT2D eigenvalue weighted by molar-refractivity contribution is 6.02. The molecule has 4 nitrogen and oxygen atoms in total.